The van der Waals surface area contributed by atoms with Gasteiger partial charge in [0.2, 0.25) is 0 Å². The number of hydrogen-bond acceptors (Lipinski definition) is 5. The van der Waals surface area contributed by atoms with E-state index in [0.717, 1.165) is 31.1 Å². The molecule has 2 atom stereocenters. The number of amides is 1. The lowest BCUT2D eigenvalue weighted by Gasteiger charge is -2.39. The topological polar surface area (TPSA) is 70.1 Å². The van der Waals surface area contributed by atoms with Crippen LogP contribution in [0, 0.1) is 0 Å². The Morgan fingerprint density at radius 2 is 2.00 bits per heavy atom. The number of likely N-dealkylation sites (tertiary alicyclic amines) is 1. The number of alkyl halides is 3. The minimum absolute atomic E-state index is 0.150. The molecule has 0 aliphatic carbocycles. The van der Waals surface area contributed by atoms with Crippen molar-refractivity contribution in [3.8, 4) is 0 Å². The van der Waals surface area contributed by atoms with E-state index >= 15 is 0 Å². The standard InChI is InChI=1S/C14H20N2O2S.C2HF3O2/c1-10(2)16-5-6-18-12-9-15(8-11(12)16)14(17)13-4-3-7-19-13;3-2(4,5)1(6)7/h3-4,7,10-12H,5-6,8-9H2,1-2H3;(H,6,7)/t11-,12+;/m1./s1. The van der Waals surface area contributed by atoms with Crippen molar-refractivity contribution in [2.45, 2.75) is 38.2 Å². The third-order valence-corrected chi connectivity index (χ3v) is 5.13. The van der Waals surface area contributed by atoms with Crippen LogP contribution >= 0.6 is 11.3 Å². The molecule has 1 aromatic heterocycles. The van der Waals surface area contributed by atoms with Gasteiger partial charge in [-0.3, -0.25) is 9.69 Å². The first-order chi connectivity index (χ1) is 12.1. The summed E-state index contributed by atoms with van der Waals surface area (Å²) in [7, 11) is 0. The number of aliphatic carboxylic acids is 1. The molecule has 2 saturated heterocycles. The maximum atomic E-state index is 12.4. The number of fused-ring (bicyclic) bond motifs is 1. The monoisotopic (exact) mass is 394 g/mol. The van der Waals surface area contributed by atoms with Crippen molar-refractivity contribution in [2.24, 2.45) is 0 Å². The summed E-state index contributed by atoms with van der Waals surface area (Å²) in [5, 5.41) is 9.08. The third kappa shape index (κ3) is 4.95. The number of hydrogen-bond donors (Lipinski definition) is 1. The van der Waals surface area contributed by atoms with Crippen molar-refractivity contribution >= 4 is 23.2 Å². The molecule has 1 amide bonds. The first kappa shape index (κ1) is 20.7. The summed E-state index contributed by atoms with van der Waals surface area (Å²) in [6, 6.07) is 4.69. The SMILES string of the molecule is CC(C)N1CCO[C@H]2CN(C(=O)c3cccs3)C[C@H]21.O=C(O)C(F)(F)F. The molecule has 6 nitrogen and oxygen atoms in total. The number of nitrogens with zero attached hydrogens (tertiary/aromatic N) is 2. The van der Waals surface area contributed by atoms with Gasteiger partial charge in [-0.15, -0.1) is 11.3 Å². The summed E-state index contributed by atoms with van der Waals surface area (Å²) < 4.78 is 37.6. The van der Waals surface area contributed by atoms with E-state index in [1.165, 1.54) is 11.3 Å². The second-order valence-corrected chi connectivity index (χ2v) is 7.25. The van der Waals surface area contributed by atoms with Crippen LogP contribution in [0.25, 0.3) is 0 Å². The normalized spacial score (nSPS) is 23.4. The number of carbonyl (C=O) groups is 2. The fourth-order valence-electron chi connectivity index (χ4n) is 3.08. The quantitative estimate of drug-likeness (QED) is 0.834. The smallest absolute Gasteiger partial charge is 0.475 e. The second-order valence-electron chi connectivity index (χ2n) is 6.30. The molecule has 10 heteroatoms. The van der Waals surface area contributed by atoms with E-state index < -0.39 is 12.1 Å². The van der Waals surface area contributed by atoms with Crippen LogP contribution < -0.4 is 0 Å². The van der Waals surface area contributed by atoms with Crippen LogP contribution in [0.15, 0.2) is 17.5 Å². The van der Waals surface area contributed by atoms with Gasteiger partial charge >= 0.3 is 12.1 Å². The van der Waals surface area contributed by atoms with Gasteiger partial charge in [-0.2, -0.15) is 13.2 Å². The number of rotatable bonds is 2. The molecule has 2 aliphatic rings. The van der Waals surface area contributed by atoms with E-state index in [0.29, 0.717) is 12.1 Å². The zero-order valence-corrected chi connectivity index (χ0v) is 15.2. The number of halogens is 3. The van der Waals surface area contributed by atoms with E-state index in [1.54, 1.807) is 0 Å². The van der Waals surface area contributed by atoms with Gasteiger partial charge < -0.3 is 14.7 Å². The molecule has 0 aromatic carbocycles. The molecule has 3 heterocycles. The van der Waals surface area contributed by atoms with Crippen LogP contribution in [-0.4, -0.2) is 77.4 Å². The molecule has 2 aliphatic heterocycles. The summed E-state index contributed by atoms with van der Waals surface area (Å²) in [5.74, 6) is -2.61. The first-order valence-corrected chi connectivity index (χ1v) is 8.99. The van der Waals surface area contributed by atoms with Gasteiger partial charge in [-0.05, 0) is 25.3 Å². The molecule has 0 bridgehead atoms. The molecule has 0 unspecified atom stereocenters. The average Bonchev–Trinajstić information content (AvgIpc) is 3.22. The Hall–Kier alpha value is -1.65. The van der Waals surface area contributed by atoms with Gasteiger partial charge in [-0.25, -0.2) is 4.79 Å². The van der Waals surface area contributed by atoms with E-state index in [-0.39, 0.29) is 12.0 Å². The molecule has 1 aromatic rings. The molecule has 0 spiro atoms. The Morgan fingerprint density at radius 3 is 2.50 bits per heavy atom. The fraction of sp³-hybridized carbons (Fsp3) is 0.625. The van der Waals surface area contributed by atoms with Crippen LogP contribution in [0.1, 0.15) is 23.5 Å². The number of carboxylic acid groups (broad SMARTS) is 1. The van der Waals surface area contributed by atoms with Crippen molar-refractivity contribution in [1.82, 2.24) is 9.80 Å². The lowest BCUT2D eigenvalue weighted by molar-refractivity contribution is -0.192. The summed E-state index contributed by atoms with van der Waals surface area (Å²) in [6.07, 6.45) is -4.90. The Bertz CT molecular complexity index is 622. The summed E-state index contributed by atoms with van der Waals surface area (Å²) in [4.78, 5) is 26.5. The molecule has 1 N–H and O–H groups in total. The molecule has 0 saturated carbocycles. The van der Waals surface area contributed by atoms with Crippen molar-refractivity contribution in [2.75, 3.05) is 26.2 Å². The maximum absolute atomic E-state index is 12.4. The van der Waals surface area contributed by atoms with Gasteiger partial charge in [0.05, 0.1) is 23.6 Å². The van der Waals surface area contributed by atoms with Crippen LogP contribution in [-0.2, 0) is 9.53 Å². The minimum Gasteiger partial charge on any atom is -0.475 e. The highest BCUT2D eigenvalue weighted by molar-refractivity contribution is 7.12. The molecule has 26 heavy (non-hydrogen) atoms. The highest BCUT2D eigenvalue weighted by Crippen LogP contribution is 2.26. The zero-order valence-electron chi connectivity index (χ0n) is 14.4. The second kappa shape index (κ2) is 8.36. The van der Waals surface area contributed by atoms with Gasteiger partial charge in [0, 0.05) is 25.7 Å². The van der Waals surface area contributed by atoms with Crippen molar-refractivity contribution in [1.29, 1.82) is 0 Å². The molecular weight excluding hydrogens is 373 g/mol. The fourth-order valence-corrected chi connectivity index (χ4v) is 3.77. The van der Waals surface area contributed by atoms with Crippen LogP contribution in [0.5, 0.6) is 0 Å². The molecule has 3 rings (SSSR count). The number of carbonyl (C=O) groups excluding carboxylic acids is 1. The van der Waals surface area contributed by atoms with Gasteiger partial charge in [0.25, 0.3) is 5.91 Å². The van der Waals surface area contributed by atoms with Crippen molar-refractivity contribution in [3.05, 3.63) is 22.4 Å². The molecule has 0 radical (unpaired) electrons. The largest absolute Gasteiger partial charge is 0.490 e. The van der Waals surface area contributed by atoms with E-state index in [2.05, 4.69) is 18.7 Å². The van der Waals surface area contributed by atoms with Gasteiger partial charge in [0.1, 0.15) is 0 Å². The Labute approximate surface area is 153 Å². The lowest BCUT2D eigenvalue weighted by Crippen LogP contribution is -2.53. The Balaban J connectivity index is 0.000000298. The molecular formula is C16H21F3N2O4S. The maximum Gasteiger partial charge on any atom is 0.490 e. The number of ether oxygens (including phenoxy) is 1. The summed E-state index contributed by atoms with van der Waals surface area (Å²) in [5.41, 5.74) is 0. The summed E-state index contributed by atoms with van der Waals surface area (Å²) in [6.45, 7) is 7.70. The number of morpholine rings is 1. The lowest BCUT2D eigenvalue weighted by atomic mass is 10.1. The number of thiophene rings is 1. The highest BCUT2D eigenvalue weighted by atomic mass is 32.1. The first-order valence-electron chi connectivity index (χ1n) is 8.11. The van der Waals surface area contributed by atoms with Crippen LogP contribution in [0.4, 0.5) is 13.2 Å². The van der Waals surface area contributed by atoms with Crippen molar-refractivity contribution < 1.29 is 32.6 Å². The van der Waals surface area contributed by atoms with Crippen molar-refractivity contribution in [3.63, 3.8) is 0 Å². The molecule has 2 fully saturated rings. The number of carboxylic acids is 1. The highest BCUT2D eigenvalue weighted by Gasteiger charge is 2.42. The zero-order chi connectivity index (χ0) is 19.5. The van der Waals surface area contributed by atoms with E-state index in [9.17, 15) is 18.0 Å². The predicted octanol–water partition coefficient (Wildman–Crippen LogP) is 2.32. The molecule has 146 valence electrons. The summed E-state index contributed by atoms with van der Waals surface area (Å²) >= 11 is 1.51. The predicted molar refractivity (Wildman–Crippen MR) is 89.3 cm³/mol. The van der Waals surface area contributed by atoms with Crippen LogP contribution in [0.3, 0.4) is 0 Å². The van der Waals surface area contributed by atoms with Gasteiger partial charge in [0.15, 0.2) is 0 Å². The Morgan fingerprint density at radius 1 is 1.35 bits per heavy atom. The average molecular weight is 394 g/mol. The Kier molecular flexibility index (Phi) is 6.64. The third-order valence-electron chi connectivity index (χ3n) is 4.27. The van der Waals surface area contributed by atoms with E-state index in [4.69, 9.17) is 14.6 Å². The van der Waals surface area contributed by atoms with Crippen LogP contribution in [0.2, 0.25) is 0 Å². The van der Waals surface area contributed by atoms with E-state index in [1.807, 2.05) is 22.4 Å². The van der Waals surface area contributed by atoms with Gasteiger partial charge in [-0.1, -0.05) is 6.07 Å². The minimum atomic E-state index is -5.08.